The minimum atomic E-state index is -0.792. The van der Waals surface area contributed by atoms with Crippen molar-refractivity contribution in [3.63, 3.8) is 0 Å². The zero-order valence-electron chi connectivity index (χ0n) is 21.8. The van der Waals surface area contributed by atoms with Crippen LogP contribution >= 0.6 is 0 Å². The van der Waals surface area contributed by atoms with Crippen molar-refractivity contribution in [3.05, 3.63) is 76.1 Å². The van der Waals surface area contributed by atoms with E-state index < -0.39 is 23.8 Å². The SMILES string of the molecule is CCOC(=O)C1=C(C)NC(C)=C(C(=O)OCC)C1c1ccc(OC(=O)c2ccc(OC)cc2)c(OC)c1. The summed E-state index contributed by atoms with van der Waals surface area (Å²) in [5, 5.41) is 3.10. The molecule has 2 aromatic carbocycles. The number of methoxy groups -OCH3 is 2. The Morgan fingerprint density at radius 1 is 0.757 bits per heavy atom. The first-order valence-corrected chi connectivity index (χ1v) is 11.8. The third kappa shape index (κ3) is 5.94. The molecule has 2 aromatic rings. The molecule has 1 aliphatic rings. The summed E-state index contributed by atoms with van der Waals surface area (Å²) in [7, 11) is 2.98. The second kappa shape index (κ2) is 12.1. The molecule has 1 heterocycles. The number of allylic oxidation sites excluding steroid dienone is 2. The molecule has 1 aliphatic heterocycles. The van der Waals surface area contributed by atoms with Gasteiger partial charge in [-0.05, 0) is 69.7 Å². The smallest absolute Gasteiger partial charge is 0.343 e. The third-order valence-electron chi connectivity index (χ3n) is 5.80. The number of rotatable bonds is 9. The Morgan fingerprint density at radius 3 is 1.81 bits per heavy atom. The quantitative estimate of drug-likeness (QED) is 0.391. The van der Waals surface area contributed by atoms with Gasteiger partial charge in [-0.2, -0.15) is 0 Å². The van der Waals surface area contributed by atoms with Gasteiger partial charge in [0.15, 0.2) is 11.5 Å². The molecule has 0 saturated heterocycles. The number of nitrogens with one attached hydrogen (secondary N) is 1. The maximum atomic E-state index is 13.0. The van der Waals surface area contributed by atoms with Gasteiger partial charge in [-0.15, -0.1) is 0 Å². The molecular weight excluding hydrogens is 478 g/mol. The van der Waals surface area contributed by atoms with Crippen molar-refractivity contribution in [3.8, 4) is 17.2 Å². The van der Waals surface area contributed by atoms with E-state index in [1.54, 1.807) is 70.2 Å². The molecule has 0 saturated carbocycles. The van der Waals surface area contributed by atoms with Gasteiger partial charge in [-0.1, -0.05) is 6.07 Å². The van der Waals surface area contributed by atoms with E-state index in [2.05, 4.69) is 5.32 Å². The van der Waals surface area contributed by atoms with E-state index in [1.165, 1.54) is 14.2 Å². The minimum absolute atomic E-state index is 0.170. The van der Waals surface area contributed by atoms with Crippen LogP contribution in [0.4, 0.5) is 0 Å². The third-order valence-corrected chi connectivity index (χ3v) is 5.80. The molecule has 0 atom stereocenters. The van der Waals surface area contributed by atoms with Crippen LogP contribution in [0.2, 0.25) is 0 Å². The van der Waals surface area contributed by atoms with E-state index in [9.17, 15) is 14.4 Å². The lowest BCUT2D eigenvalue weighted by Crippen LogP contribution is -2.32. The highest BCUT2D eigenvalue weighted by Gasteiger charge is 2.38. The fraction of sp³-hybridized carbons (Fsp3) is 0.321. The van der Waals surface area contributed by atoms with Crippen molar-refractivity contribution in [1.82, 2.24) is 5.32 Å². The first-order valence-electron chi connectivity index (χ1n) is 11.8. The fourth-order valence-corrected chi connectivity index (χ4v) is 4.12. The Balaban J connectivity index is 2.04. The molecule has 1 N–H and O–H groups in total. The van der Waals surface area contributed by atoms with Crippen molar-refractivity contribution >= 4 is 17.9 Å². The lowest BCUT2D eigenvalue weighted by molar-refractivity contribution is -0.139. The summed E-state index contributed by atoms with van der Waals surface area (Å²) in [6, 6.07) is 11.4. The van der Waals surface area contributed by atoms with Gasteiger partial charge in [-0.25, -0.2) is 14.4 Å². The van der Waals surface area contributed by atoms with Gasteiger partial charge in [0, 0.05) is 11.4 Å². The highest BCUT2D eigenvalue weighted by Crippen LogP contribution is 2.42. The van der Waals surface area contributed by atoms with Crippen LogP contribution in [0.15, 0.2) is 65.0 Å². The van der Waals surface area contributed by atoms with E-state index in [0.717, 1.165) is 0 Å². The number of carbonyl (C=O) groups excluding carboxylic acids is 3. The van der Waals surface area contributed by atoms with Gasteiger partial charge in [0.25, 0.3) is 0 Å². The number of hydrogen-bond donors (Lipinski definition) is 1. The van der Waals surface area contributed by atoms with Gasteiger partial charge in [-0.3, -0.25) is 0 Å². The minimum Gasteiger partial charge on any atom is -0.497 e. The van der Waals surface area contributed by atoms with Crippen molar-refractivity contribution in [1.29, 1.82) is 0 Å². The normalized spacial score (nSPS) is 13.6. The van der Waals surface area contributed by atoms with Crippen LogP contribution in [0.25, 0.3) is 0 Å². The van der Waals surface area contributed by atoms with Crippen molar-refractivity contribution in [2.24, 2.45) is 0 Å². The number of carbonyl (C=O) groups is 3. The molecule has 0 bridgehead atoms. The molecule has 0 radical (unpaired) electrons. The largest absolute Gasteiger partial charge is 0.497 e. The van der Waals surface area contributed by atoms with E-state index in [4.69, 9.17) is 23.7 Å². The monoisotopic (exact) mass is 509 g/mol. The summed E-state index contributed by atoms with van der Waals surface area (Å²) in [5.74, 6) is -1.44. The van der Waals surface area contributed by atoms with Crippen LogP contribution in [-0.4, -0.2) is 45.3 Å². The molecule has 3 rings (SSSR count). The molecular formula is C28H31NO8. The predicted octanol–water partition coefficient (Wildman–Crippen LogP) is 4.28. The Morgan fingerprint density at radius 2 is 1.32 bits per heavy atom. The summed E-state index contributed by atoms with van der Waals surface area (Å²) in [5.41, 5.74) is 2.57. The van der Waals surface area contributed by atoms with E-state index in [1.807, 2.05) is 0 Å². The number of dihydropyridines is 1. The molecule has 37 heavy (non-hydrogen) atoms. The van der Waals surface area contributed by atoms with E-state index in [-0.39, 0.29) is 35.9 Å². The second-order valence-electron chi connectivity index (χ2n) is 8.10. The van der Waals surface area contributed by atoms with Crippen molar-refractivity contribution in [2.75, 3.05) is 27.4 Å². The molecule has 0 aromatic heterocycles. The maximum Gasteiger partial charge on any atom is 0.343 e. The van der Waals surface area contributed by atoms with Gasteiger partial charge < -0.3 is 29.0 Å². The first-order chi connectivity index (χ1) is 17.7. The topological polar surface area (TPSA) is 109 Å². The molecule has 196 valence electrons. The standard InChI is InChI=1S/C28H31NO8/c1-7-35-27(31)23-16(3)29-17(4)24(28(32)36-8-2)25(23)19-11-14-21(22(15-19)34-6)37-26(30)18-9-12-20(33-5)13-10-18/h9-15,25,29H,7-8H2,1-6H3. The highest BCUT2D eigenvalue weighted by atomic mass is 16.6. The average molecular weight is 510 g/mol. The van der Waals surface area contributed by atoms with E-state index in [0.29, 0.717) is 28.3 Å². The van der Waals surface area contributed by atoms with Gasteiger partial charge >= 0.3 is 17.9 Å². The van der Waals surface area contributed by atoms with Gasteiger partial charge in [0.1, 0.15) is 5.75 Å². The van der Waals surface area contributed by atoms with Gasteiger partial charge in [0.2, 0.25) is 0 Å². The molecule has 0 spiro atoms. The van der Waals surface area contributed by atoms with Crippen LogP contribution in [0, 0.1) is 0 Å². The molecule has 0 unspecified atom stereocenters. The Hall–Kier alpha value is -4.27. The lowest BCUT2D eigenvalue weighted by atomic mass is 9.80. The first kappa shape index (κ1) is 27.3. The lowest BCUT2D eigenvalue weighted by Gasteiger charge is -2.30. The van der Waals surface area contributed by atoms with Crippen molar-refractivity contribution < 1.29 is 38.1 Å². The van der Waals surface area contributed by atoms with E-state index >= 15 is 0 Å². The van der Waals surface area contributed by atoms with Crippen molar-refractivity contribution in [2.45, 2.75) is 33.6 Å². The summed E-state index contributed by atoms with van der Waals surface area (Å²) < 4.78 is 26.8. The second-order valence-corrected chi connectivity index (χ2v) is 8.10. The zero-order valence-corrected chi connectivity index (χ0v) is 21.8. The van der Waals surface area contributed by atoms with Gasteiger partial charge in [0.05, 0.1) is 50.1 Å². The van der Waals surface area contributed by atoms with Crippen LogP contribution in [0.1, 0.15) is 49.5 Å². The fourth-order valence-electron chi connectivity index (χ4n) is 4.12. The number of benzene rings is 2. The summed E-state index contributed by atoms with van der Waals surface area (Å²) >= 11 is 0. The summed E-state index contributed by atoms with van der Waals surface area (Å²) in [4.78, 5) is 38.7. The summed E-state index contributed by atoms with van der Waals surface area (Å²) in [6.45, 7) is 7.25. The number of esters is 3. The molecule has 0 amide bonds. The predicted molar refractivity (Wildman–Crippen MR) is 135 cm³/mol. The zero-order chi connectivity index (χ0) is 27.1. The number of hydrogen-bond acceptors (Lipinski definition) is 9. The van der Waals surface area contributed by atoms with Crippen LogP contribution < -0.4 is 19.5 Å². The van der Waals surface area contributed by atoms with Crippen LogP contribution in [0.3, 0.4) is 0 Å². The van der Waals surface area contributed by atoms with Crippen LogP contribution in [0.5, 0.6) is 17.2 Å². The molecule has 9 nitrogen and oxygen atoms in total. The summed E-state index contributed by atoms with van der Waals surface area (Å²) in [6.07, 6.45) is 0. The van der Waals surface area contributed by atoms with Crippen LogP contribution in [-0.2, 0) is 19.1 Å². The highest BCUT2D eigenvalue weighted by molar-refractivity contribution is 6.00. The Bertz CT molecular complexity index is 1200. The Labute approximate surface area is 216 Å². The molecule has 9 heteroatoms. The Kier molecular flexibility index (Phi) is 8.95. The average Bonchev–Trinajstić information content (AvgIpc) is 2.88. The number of ether oxygens (including phenoxy) is 5. The molecule has 0 fully saturated rings. The maximum absolute atomic E-state index is 13.0. The molecule has 0 aliphatic carbocycles.